The molecule has 116 valence electrons. The summed E-state index contributed by atoms with van der Waals surface area (Å²) in [4.78, 5) is 4.24. The highest BCUT2D eigenvalue weighted by molar-refractivity contribution is 5.79. The average molecular weight is 291 g/mol. The van der Waals surface area contributed by atoms with Crippen LogP contribution in [-0.4, -0.2) is 39.4 Å². The minimum absolute atomic E-state index is 0.303. The molecule has 1 aliphatic rings. The summed E-state index contributed by atoms with van der Waals surface area (Å²) in [6.45, 7) is 4.40. The first-order chi connectivity index (χ1) is 10.2. The highest BCUT2D eigenvalue weighted by Crippen LogP contribution is 2.19. The van der Waals surface area contributed by atoms with E-state index in [1.54, 1.807) is 14.2 Å². The van der Waals surface area contributed by atoms with Gasteiger partial charge in [0.25, 0.3) is 0 Å². The molecular formula is C16H25N3O2. The van der Waals surface area contributed by atoms with Crippen LogP contribution in [0.15, 0.2) is 23.2 Å². The van der Waals surface area contributed by atoms with Crippen LogP contribution in [0.5, 0.6) is 5.75 Å². The van der Waals surface area contributed by atoms with E-state index in [0.717, 1.165) is 43.3 Å². The molecular weight excluding hydrogens is 266 g/mol. The molecule has 2 N–H and O–H groups in total. The predicted octanol–water partition coefficient (Wildman–Crippen LogP) is 1.85. The van der Waals surface area contributed by atoms with Crippen molar-refractivity contribution in [3.63, 3.8) is 0 Å². The first-order valence-electron chi connectivity index (χ1n) is 7.42. The Hall–Kier alpha value is -1.75. The number of nitrogens with zero attached hydrogens (tertiary/aromatic N) is 1. The second-order valence-electron chi connectivity index (χ2n) is 5.26. The summed E-state index contributed by atoms with van der Waals surface area (Å²) in [5.74, 6) is 1.69. The van der Waals surface area contributed by atoms with Crippen LogP contribution in [-0.2, 0) is 11.3 Å². The predicted molar refractivity (Wildman–Crippen MR) is 84.9 cm³/mol. The van der Waals surface area contributed by atoms with Crippen LogP contribution in [0, 0.1) is 6.92 Å². The summed E-state index contributed by atoms with van der Waals surface area (Å²) in [6.07, 6.45) is 2.58. The Bertz CT molecular complexity index is 482. The Morgan fingerprint density at radius 2 is 2.29 bits per heavy atom. The van der Waals surface area contributed by atoms with Crippen molar-refractivity contribution in [2.45, 2.75) is 32.4 Å². The molecule has 1 unspecified atom stereocenters. The molecule has 0 aliphatic carbocycles. The van der Waals surface area contributed by atoms with Gasteiger partial charge in [-0.1, -0.05) is 12.1 Å². The second kappa shape index (κ2) is 7.88. The van der Waals surface area contributed by atoms with E-state index >= 15 is 0 Å². The van der Waals surface area contributed by atoms with Crippen molar-refractivity contribution in [2.24, 2.45) is 4.99 Å². The quantitative estimate of drug-likeness (QED) is 0.642. The van der Waals surface area contributed by atoms with Crippen LogP contribution in [0.4, 0.5) is 0 Å². The molecule has 0 bridgehead atoms. The van der Waals surface area contributed by atoms with Gasteiger partial charge < -0.3 is 20.1 Å². The van der Waals surface area contributed by atoms with Gasteiger partial charge in [-0.05, 0) is 31.4 Å². The van der Waals surface area contributed by atoms with Crippen molar-refractivity contribution in [2.75, 3.05) is 27.3 Å². The molecule has 2 rings (SSSR count). The number of methoxy groups -OCH3 is 1. The van der Waals surface area contributed by atoms with Gasteiger partial charge in [-0.25, -0.2) is 0 Å². The maximum atomic E-state index is 5.60. The van der Waals surface area contributed by atoms with Gasteiger partial charge in [0.2, 0.25) is 0 Å². The van der Waals surface area contributed by atoms with E-state index in [4.69, 9.17) is 9.47 Å². The molecule has 1 saturated heterocycles. The summed E-state index contributed by atoms with van der Waals surface area (Å²) in [6, 6.07) is 6.20. The summed E-state index contributed by atoms with van der Waals surface area (Å²) in [5, 5.41) is 6.61. The van der Waals surface area contributed by atoms with E-state index in [9.17, 15) is 0 Å². The number of aryl methyl sites for hydroxylation is 1. The molecule has 1 atom stereocenters. The molecule has 5 nitrogen and oxygen atoms in total. The van der Waals surface area contributed by atoms with Gasteiger partial charge in [0, 0.05) is 32.3 Å². The van der Waals surface area contributed by atoms with E-state index in [0.29, 0.717) is 12.6 Å². The number of rotatable bonds is 5. The number of benzene rings is 1. The maximum absolute atomic E-state index is 5.60. The lowest BCUT2D eigenvalue weighted by molar-refractivity contribution is 0.114. The zero-order chi connectivity index (χ0) is 15.1. The lowest BCUT2D eigenvalue weighted by Gasteiger charge is -2.16. The lowest BCUT2D eigenvalue weighted by Crippen LogP contribution is -2.40. The van der Waals surface area contributed by atoms with Gasteiger partial charge in [0.15, 0.2) is 5.96 Å². The molecule has 0 saturated carbocycles. The van der Waals surface area contributed by atoms with Crippen molar-refractivity contribution in [3.8, 4) is 5.75 Å². The van der Waals surface area contributed by atoms with Gasteiger partial charge in [-0.15, -0.1) is 0 Å². The topological polar surface area (TPSA) is 54.9 Å². The summed E-state index contributed by atoms with van der Waals surface area (Å²) < 4.78 is 11.0. The van der Waals surface area contributed by atoms with E-state index in [1.807, 2.05) is 6.07 Å². The van der Waals surface area contributed by atoms with E-state index < -0.39 is 0 Å². The molecule has 21 heavy (non-hydrogen) atoms. The first-order valence-corrected chi connectivity index (χ1v) is 7.42. The Morgan fingerprint density at radius 3 is 2.95 bits per heavy atom. The van der Waals surface area contributed by atoms with Crippen LogP contribution in [0.1, 0.15) is 24.0 Å². The molecule has 0 aromatic heterocycles. The van der Waals surface area contributed by atoms with Gasteiger partial charge in [0.1, 0.15) is 5.75 Å². The molecule has 0 spiro atoms. The Balaban J connectivity index is 1.85. The molecule has 1 aliphatic heterocycles. The summed E-state index contributed by atoms with van der Waals surface area (Å²) in [7, 11) is 3.47. The Morgan fingerprint density at radius 1 is 1.43 bits per heavy atom. The van der Waals surface area contributed by atoms with E-state index in [2.05, 4.69) is 34.7 Å². The minimum atomic E-state index is 0.303. The summed E-state index contributed by atoms with van der Waals surface area (Å²) in [5.41, 5.74) is 2.31. The van der Waals surface area contributed by atoms with Gasteiger partial charge >= 0.3 is 0 Å². The number of aliphatic imine (C=N–C) groups is 1. The standard InChI is InChI=1S/C16H25N3O2/c1-12-6-7-13(15(9-12)20-3)10-18-16(17-2)19-11-14-5-4-8-21-14/h6-7,9,14H,4-5,8,10-11H2,1-3H3,(H2,17,18,19). The molecule has 1 heterocycles. The monoisotopic (exact) mass is 291 g/mol. The molecule has 0 amide bonds. The van der Waals surface area contributed by atoms with Crippen molar-refractivity contribution >= 4 is 5.96 Å². The fourth-order valence-corrected chi connectivity index (χ4v) is 2.41. The maximum Gasteiger partial charge on any atom is 0.191 e. The van der Waals surface area contributed by atoms with Crippen LogP contribution in [0.25, 0.3) is 0 Å². The molecule has 0 radical (unpaired) electrons. The molecule has 1 fully saturated rings. The van der Waals surface area contributed by atoms with Crippen molar-refractivity contribution in [1.82, 2.24) is 10.6 Å². The van der Waals surface area contributed by atoms with E-state index in [-0.39, 0.29) is 0 Å². The largest absolute Gasteiger partial charge is 0.496 e. The third-order valence-electron chi connectivity index (χ3n) is 3.63. The number of ether oxygens (including phenoxy) is 2. The van der Waals surface area contributed by atoms with Gasteiger partial charge in [-0.3, -0.25) is 4.99 Å². The highest BCUT2D eigenvalue weighted by Gasteiger charge is 2.15. The normalized spacial score (nSPS) is 18.6. The lowest BCUT2D eigenvalue weighted by atomic mass is 10.1. The second-order valence-corrected chi connectivity index (χ2v) is 5.26. The third kappa shape index (κ3) is 4.63. The van der Waals surface area contributed by atoms with Crippen LogP contribution >= 0.6 is 0 Å². The van der Waals surface area contributed by atoms with Crippen molar-refractivity contribution in [3.05, 3.63) is 29.3 Å². The smallest absolute Gasteiger partial charge is 0.191 e. The zero-order valence-corrected chi connectivity index (χ0v) is 13.1. The summed E-state index contributed by atoms with van der Waals surface area (Å²) >= 11 is 0. The van der Waals surface area contributed by atoms with Gasteiger partial charge in [-0.2, -0.15) is 0 Å². The first kappa shape index (κ1) is 15.6. The number of hydrogen-bond acceptors (Lipinski definition) is 3. The highest BCUT2D eigenvalue weighted by atomic mass is 16.5. The third-order valence-corrected chi connectivity index (χ3v) is 3.63. The number of hydrogen-bond donors (Lipinski definition) is 2. The van der Waals surface area contributed by atoms with E-state index in [1.165, 1.54) is 5.56 Å². The van der Waals surface area contributed by atoms with Crippen LogP contribution in [0.3, 0.4) is 0 Å². The van der Waals surface area contributed by atoms with Crippen molar-refractivity contribution in [1.29, 1.82) is 0 Å². The molecule has 1 aromatic rings. The molecule has 5 heteroatoms. The Kier molecular flexibility index (Phi) is 5.87. The van der Waals surface area contributed by atoms with Crippen molar-refractivity contribution < 1.29 is 9.47 Å². The van der Waals surface area contributed by atoms with Crippen LogP contribution in [0.2, 0.25) is 0 Å². The van der Waals surface area contributed by atoms with Crippen LogP contribution < -0.4 is 15.4 Å². The molecule has 1 aromatic carbocycles. The number of nitrogens with one attached hydrogen (secondary N) is 2. The minimum Gasteiger partial charge on any atom is -0.496 e. The zero-order valence-electron chi connectivity index (χ0n) is 13.1. The Labute approximate surface area is 126 Å². The van der Waals surface area contributed by atoms with Gasteiger partial charge in [0.05, 0.1) is 13.2 Å². The fourth-order valence-electron chi connectivity index (χ4n) is 2.41. The SMILES string of the molecule is CN=C(NCc1ccc(C)cc1OC)NCC1CCCO1. The average Bonchev–Trinajstić information content (AvgIpc) is 3.01. The fraction of sp³-hybridized carbons (Fsp3) is 0.562. The number of guanidine groups is 1.